The van der Waals surface area contributed by atoms with E-state index in [9.17, 15) is 10.4 Å². The number of hydrogen-bond acceptors (Lipinski definition) is 2. The summed E-state index contributed by atoms with van der Waals surface area (Å²) in [7, 11) is 0. The van der Waals surface area contributed by atoms with Gasteiger partial charge in [-0.05, 0) is 62.2 Å². The van der Waals surface area contributed by atoms with Gasteiger partial charge < -0.3 is 5.11 Å². The molecule has 0 aliphatic heterocycles. The van der Waals surface area contributed by atoms with Crippen molar-refractivity contribution < 1.29 is 5.11 Å². The number of nitriles is 1. The second-order valence-electron chi connectivity index (χ2n) is 8.90. The van der Waals surface area contributed by atoms with E-state index in [2.05, 4.69) is 33.8 Å². The quantitative estimate of drug-likeness (QED) is 0.686. The highest BCUT2D eigenvalue weighted by Gasteiger charge is 2.53. The van der Waals surface area contributed by atoms with Gasteiger partial charge in [-0.15, -0.1) is 0 Å². The van der Waals surface area contributed by atoms with Gasteiger partial charge >= 0.3 is 0 Å². The van der Waals surface area contributed by atoms with Crippen LogP contribution in [0.4, 0.5) is 0 Å². The average Bonchev–Trinajstić information content (AvgIpc) is 2.61. The number of hydrogen-bond donors (Lipinski definition) is 1. The van der Waals surface area contributed by atoms with Crippen LogP contribution < -0.4 is 0 Å². The highest BCUT2D eigenvalue weighted by Crippen LogP contribution is 2.53. The zero-order valence-electron chi connectivity index (χ0n) is 14.4. The second kappa shape index (κ2) is 5.92. The minimum atomic E-state index is -0.741. The maximum atomic E-state index is 11.3. The van der Waals surface area contributed by atoms with E-state index < -0.39 is 11.0 Å². The summed E-state index contributed by atoms with van der Waals surface area (Å²) in [5.41, 5.74) is -0.906. The molecule has 2 nitrogen and oxygen atoms in total. The Balaban J connectivity index is 2.14. The molecule has 0 aromatic carbocycles. The van der Waals surface area contributed by atoms with Crippen molar-refractivity contribution in [2.24, 2.45) is 22.7 Å². The first-order valence-corrected chi connectivity index (χ1v) is 8.86. The van der Waals surface area contributed by atoms with Gasteiger partial charge in [0.05, 0.1) is 17.1 Å². The number of aliphatic hydroxyl groups is 1. The van der Waals surface area contributed by atoms with E-state index in [0.29, 0.717) is 17.3 Å². The van der Waals surface area contributed by atoms with Crippen LogP contribution in [0.1, 0.15) is 85.5 Å². The van der Waals surface area contributed by atoms with E-state index in [1.807, 2.05) is 0 Å². The lowest BCUT2D eigenvalue weighted by Gasteiger charge is -2.48. The van der Waals surface area contributed by atoms with Crippen LogP contribution in [0.5, 0.6) is 0 Å². The molecule has 0 heterocycles. The van der Waals surface area contributed by atoms with Crippen LogP contribution in [0.3, 0.4) is 0 Å². The molecule has 0 aromatic heterocycles. The topological polar surface area (TPSA) is 44.0 Å². The molecule has 0 aromatic rings. The molecule has 0 radical (unpaired) electrons. The van der Waals surface area contributed by atoms with Crippen LogP contribution in [0.25, 0.3) is 0 Å². The summed E-state index contributed by atoms with van der Waals surface area (Å²) in [4.78, 5) is 0. The Hall–Kier alpha value is -0.550. The minimum Gasteiger partial charge on any atom is -0.388 e. The fraction of sp³-hybridized carbons (Fsp3) is 0.947. The summed E-state index contributed by atoms with van der Waals surface area (Å²) in [5, 5.41) is 21.2. The lowest BCUT2D eigenvalue weighted by Crippen LogP contribution is -2.50. The van der Waals surface area contributed by atoms with E-state index in [0.717, 1.165) is 51.4 Å². The van der Waals surface area contributed by atoms with Crippen molar-refractivity contribution in [2.75, 3.05) is 0 Å². The van der Waals surface area contributed by atoms with Gasteiger partial charge in [0.2, 0.25) is 0 Å². The summed E-state index contributed by atoms with van der Waals surface area (Å²) in [6.45, 7) is 9.19. The highest BCUT2D eigenvalue weighted by atomic mass is 16.3. The Morgan fingerprint density at radius 3 is 2.14 bits per heavy atom. The first-order valence-electron chi connectivity index (χ1n) is 8.86. The Labute approximate surface area is 130 Å². The lowest BCUT2D eigenvalue weighted by molar-refractivity contribution is -0.0944. The highest BCUT2D eigenvalue weighted by molar-refractivity contribution is 5.14. The molecule has 0 spiro atoms. The first kappa shape index (κ1) is 16.8. The maximum absolute atomic E-state index is 11.3. The predicted octanol–water partition coefficient (Wildman–Crippen LogP) is 5.06. The van der Waals surface area contributed by atoms with Crippen LogP contribution in [0.15, 0.2) is 0 Å². The SMILES string of the molecule is CC1CCCC(O)(C2(C#N)CCC(C(C)(C)C)CC2)CC1. The predicted molar refractivity (Wildman–Crippen MR) is 86.7 cm³/mol. The summed E-state index contributed by atoms with van der Waals surface area (Å²) in [5.74, 6) is 1.38. The van der Waals surface area contributed by atoms with Gasteiger partial charge in [-0.2, -0.15) is 5.26 Å². The third kappa shape index (κ3) is 3.29. The van der Waals surface area contributed by atoms with Crippen LogP contribution >= 0.6 is 0 Å². The van der Waals surface area contributed by atoms with Gasteiger partial charge in [-0.25, -0.2) is 0 Å². The molecule has 2 aliphatic rings. The molecule has 2 atom stereocenters. The minimum absolute atomic E-state index is 0.322. The molecule has 2 unspecified atom stereocenters. The second-order valence-corrected chi connectivity index (χ2v) is 8.90. The molecule has 0 saturated heterocycles. The molecule has 2 saturated carbocycles. The average molecular weight is 291 g/mol. The van der Waals surface area contributed by atoms with Crippen molar-refractivity contribution in [2.45, 2.75) is 91.1 Å². The summed E-state index contributed by atoms with van der Waals surface area (Å²) in [6.07, 6.45) is 8.95. The van der Waals surface area contributed by atoms with Gasteiger partial charge in [0.25, 0.3) is 0 Å². The fourth-order valence-corrected chi connectivity index (χ4v) is 4.63. The van der Waals surface area contributed by atoms with Crippen molar-refractivity contribution in [3.63, 3.8) is 0 Å². The van der Waals surface area contributed by atoms with Crippen molar-refractivity contribution in [1.82, 2.24) is 0 Å². The zero-order valence-corrected chi connectivity index (χ0v) is 14.4. The molecule has 2 rings (SSSR count). The van der Waals surface area contributed by atoms with Crippen LogP contribution in [0.2, 0.25) is 0 Å². The van der Waals surface area contributed by atoms with E-state index in [4.69, 9.17) is 0 Å². The summed E-state index contributed by atoms with van der Waals surface area (Å²) < 4.78 is 0. The van der Waals surface area contributed by atoms with Crippen molar-refractivity contribution in [3.05, 3.63) is 0 Å². The van der Waals surface area contributed by atoms with Crippen LogP contribution in [-0.2, 0) is 0 Å². The third-order valence-electron chi connectivity index (χ3n) is 6.51. The standard InChI is InChI=1S/C19H33NO/c1-15-6-5-10-19(21,13-7-15)18(14-20)11-8-16(9-12-18)17(2,3)4/h15-16,21H,5-13H2,1-4H3. The molecule has 1 N–H and O–H groups in total. The molecule has 2 heteroatoms. The van der Waals surface area contributed by atoms with Crippen LogP contribution in [-0.4, -0.2) is 10.7 Å². The van der Waals surface area contributed by atoms with E-state index in [-0.39, 0.29) is 0 Å². The van der Waals surface area contributed by atoms with Crippen molar-refractivity contribution in [3.8, 4) is 6.07 Å². The maximum Gasteiger partial charge on any atom is 0.0860 e. The summed E-state index contributed by atoms with van der Waals surface area (Å²) in [6, 6.07) is 2.59. The van der Waals surface area contributed by atoms with Gasteiger partial charge in [-0.1, -0.05) is 40.5 Å². The fourth-order valence-electron chi connectivity index (χ4n) is 4.63. The molecule has 2 aliphatic carbocycles. The Bertz CT molecular complexity index is 395. The Morgan fingerprint density at radius 1 is 1.00 bits per heavy atom. The van der Waals surface area contributed by atoms with E-state index in [1.54, 1.807) is 0 Å². The summed E-state index contributed by atoms with van der Waals surface area (Å²) >= 11 is 0. The van der Waals surface area contributed by atoms with Crippen LogP contribution in [0, 0.1) is 34.0 Å². The smallest absolute Gasteiger partial charge is 0.0860 e. The van der Waals surface area contributed by atoms with Gasteiger partial charge in [0.15, 0.2) is 0 Å². The monoisotopic (exact) mass is 291 g/mol. The lowest BCUT2D eigenvalue weighted by atomic mass is 9.57. The molecule has 0 bridgehead atoms. The van der Waals surface area contributed by atoms with E-state index in [1.165, 1.54) is 6.42 Å². The van der Waals surface area contributed by atoms with E-state index >= 15 is 0 Å². The van der Waals surface area contributed by atoms with Gasteiger partial charge in [0.1, 0.15) is 0 Å². The van der Waals surface area contributed by atoms with Gasteiger partial charge in [-0.3, -0.25) is 0 Å². The largest absolute Gasteiger partial charge is 0.388 e. The van der Waals surface area contributed by atoms with Crippen molar-refractivity contribution in [1.29, 1.82) is 5.26 Å². The molecule has 0 amide bonds. The molecular formula is C19H33NO. The zero-order chi connectivity index (χ0) is 15.7. The molecule has 21 heavy (non-hydrogen) atoms. The Kier molecular flexibility index (Phi) is 4.74. The normalized spacial score (nSPS) is 42.1. The molecule has 2 fully saturated rings. The van der Waals surface area contributed by atoms with Crippen molar-refractivity contribution >= 4 is 0 Å². The van der Waals surface area contributed by atoms with Gasteiger partial charge in [0, 0.05) is 0 Å². The first-order chi connectivity index (χ1) is 9.72. The number of nitrogens with zero attached hydrogens (tertiary/aromatic N) is 1. The molecule has 120 valence electrons. The number of rotatable bonds is 1. The third-order valence-corrected chi connectivity index (χ3v) is 6.51. The molecular weight excluding hydrogens is 258 g/mol. The Morgan fingerprint density at radius 2 is 1.62 bits per heavy atom.